The summed E-state index contributed by atoms with van der Waals surface area (Å²) in [6, 6.07) is 0. The van der Waals surface area contributed by atoms with E-state index in [1.165, 1.54) is 0 Å². The van der Waals surface area contributed by atoms with Gasteiger partial charge in [0.2, 0.25) is 5.91 Å². The lowest BCUT2D eigenvalue weighted by atomic mass is 9.75. The number of rotatable bonds is 1. The molecule has 100 valence electrons. The monoisotopic (exact) mass is 271 g/mol. The third kappa shape index (κ3) is 2.55. The molecule has 1 unspecified atom stereocenters. The molecule has 1 heterocycles. The second-order valence-corrected chi connectivity index (χ2v) is 5.27. The van der Waals surface area contributed by atoms with Gasteiger partial charge in [0.05, 0.1) is 12.3 Å². The Bertz CT molecular complexity index is 380. The summed E-state index contributed by atoms with van der Waals surface area (Å²) < 4.78 is 5.44. The van der Waals surface area contributed by atoms with Crippen LogP contribution in [0.15, 0.2) is 0 Å². The number of amides is 1. The minimum atomic E-state index is -0.614. The summed E-state index contributed by atoms with van der Waals surface area (Å²) in [4.78, 5) is 23.5. The maximum Gasteiger partial charge on any atom is 0.307 e. The molecule has 1 aliphatic carbocycles. The first-order chi connectivity index (χ1) is 8.53. The second kappa shape index (κ2) is 5.09. The maximum absolute atomic E-state index is 12.0. The Kier molecular flexibility index (Phi) is 3.70. The van der Waals surface area contributed by atoms with Crippen LogP contribution >= 0.6 is 12.2 Å². The predicted molar refractivity (Wildman–Crippen MR) is 68.1 cm³/mol. The quantitative estimate of drug-likeness (QED) is 0.356. The normalized spacial score (nSPS) is 25.6. The number of carbonyl (C=O) groups excluding carboxylic acids is 2. The highest BCUT2D eigenvalue weighted by molar-refractivity contribution is 7.80. The van der Waals surface area contributed by atoms with Crippen LogP contribution in [0.2, 0.25) is 0 Å². The fourth-order valence-electron chi connectivity index (χ4n) is 2.83. The van der Waals surface area contributed by atoms with Crippen molar-refractivity contribution in [3.8, 4) is 0 Å². The van der Waals surface area contributed by atoms with Gasteiger partial charge in [-0.25, -0.2) is 0 Å². The SMILES string of the molecule is NC(=S)NNC(=O)C1CC(=O)OC12CCCCC2. The van der Waals surface area contributed by atoms with Gasteiger partial charge >= 0.3 is 5.97 Å². The molecule has 2 aliphatic rings. The zero-order valence-electron chi connectivity index (χ0n) is 10.0. The van der Waals surface area contributed by atoms with E-state index < -0.39 is 11.5 Å². The molecule has 1 spiro atoms. The summed E-state index contributed by atoms with van der Waals surface area (Å²) in [5, 5.41) is -0.00807. The van der Waals surface area contributed by atoms with Gasteiger partial charge in [-0.1, -0.05) is 6.42 Å². The van der Waals surface area contributed by atoms with Crippen molar-refractivity contribution < 1.29 is 14.3 Å². The molecule has 0 aromatic carbocycles. The molecule has 18 heavy (non-hydrogen) atoms. The highest BCUT2D eigenvalue weighted by Gasteiger charge is 2.52. The van der Waals surface area contributed by atoms with Crippen molar-refractivity contribution >= 4 is 29.2 Å². The Balaban J connectivity index is 2.06. The van der Waals surface area contributed by atoms with Gasteiger partial charge in [0.15, 0.2) is 5.11 Å². The van der Waals surface area contributed by atoms with Crippen molar-refractivity contribution in [1.29, 1.82) is 0 Å². The lowest BCUT2D eigenvalue weighted by molar-refractivity contribution is -0.153. The van der Waals surface area contributed by atoms with Crippen LogP contribution in [-0.4, -0.2) is 22.6 Å². The summed E-state index contributed by atoms with van der Waals surface area (Å²) in [6.07, 6.45) is 4.73. The molecule has 0 radical (unpaired) electrons. The lowest BCUT2D eigenvalue weighted by Gasteiger charge is -2.35. The summed E-state index contributed by atoms with van der Waals surface area (Å²) in [7, 11) is 0. The Morgan fingerprint density at radius 1 is 1.33 bits per heavy atom. The lowest BCUT2D eigenvalue weighted by Crippen LogP contribution is -2.51. The Morgan fingerprint density at radius 3 is 2.61 bits per heavy atom. The standard InChI is InChI=1S/C11H17N3O3S/c12-10(18)14-13-9(16)7-6-8(15)17-11(7)4-2-1-3-5-11/h7H,1-6H2,(H,13,16)(H3,12,14,18). The molecule has 0 aromatic rings. The van der Waals surface area contributed by atoms with Crippen LogP contribution in [-0.2, 0) is 14.3 Å². The van der Waals surface area contributed by atoms with Crippen LogP contribution < -0.4 is 16.6 Å². The minimum absolute atomic E-state index is 0.00807. The van der Waals surface area contributed by atoms with E-state index in [4.69, 9.17) is 10.5 Å². The van der Waals surface area contributed by atoms with E-state index in [-0.39, 0.29) is 23.4 Å². The number of hydrogen-bond acceptors (Lipinski definition) is 4. The number of esters is 1. The van der Waals surface area contributed by atoms with Crippen LogP contribution in [0.4, 0.5) is 0 Å². The van der Waals surface area contributed by atoms with Crippen LogP contribution in [0, 0.1) is 5.92 Å². The molecule has 2 fully saturated rings. The molecule has 1 amide bonds. The highest BCUT2D eigenvalue weighted by atomic mass is 32.1. The number of nitrogens with one attached hydrogen (secondary N) is 2. The molecule has 1 saturated heterocycles. The first-order valence-corrected chi connectivity index (χ1v) is 6.51. The van der Waals surface area contributed by atoms with E-state index in [0.29, 0.717) is 0 Å². The summed E-state index contributed by atoms with van der Waals surface area (Å²) in [5.74, 6) is -1.03. The maximum atomic E-state index is 12.0. The van der Waals surface area contributed by atoms with Crippen molar-refractivity contribution in [3.63, 3.8) is 0 Å². The van der Waals surface area contributed by atoms with Crippen LogP contribution in [0.25, 0.3) is 0 Å². The Morgan fingerprint density at radius 2 is 2.00 bits per heavy atom. The summed E-state index contributed by atoms with van der Waals surface area (Å²) >= 11 is 4.61. The van der Waals surface area contributed by atoms with Crippen molar-refractivity contribution in [2.75, 3.05) is 0 Å². The number of ether oxygens (including phenoxy) is 1. The fraction of sp³-hybridized carbons (Fsp3) is 0.727. The number of nitrogens with two attached hydrogens (primary N) is 1. The molecule has 1 saturated carbocycles. The van der Waals surface area contributed by atoms with Crippen LogP contribution in [0.3, 0.4) is 0 Å². The third-order valence-corrected chi connectivity index (χ3v) is 3.75. The molecule has 1 aliphatic heterocycles. The third-order valence-electron chi connectivity index (χ3n) is 3.65. The van der Waals surface area contributed by atoms with Gasteiger partial charge in [-0.05, 0) is 37.9 Å². The minimum Gasteiger partial charge on any atom is -0.458 e. The molecule has 1 atom stereocenters. The van der Waals surface area contributed by atoms with E-state index in [2.05, 4.69) is 23.1 Å². The number of thiocarbonyl (C=S) groups is 1. The zero-order chi connectivity index (χ0) is 13.2. The van der Waals surface area contributed by atoms with Gasteiger partial charge in [-0.3, -0.25) is 20.4 Å². The van der Waals surface area contributed by atoms with Gasteiger partial charge in [-0.2, -0.15) is 0 Å². The average Bonchev–Trinajstić information content (AvgIpc) is 2.64. The first kappa shape index (κ1) is 13.1. The molecule has 4 N–H and O–H groups in total. The largest absolute Gasteiger partial charge is 0.458 e. The van der Waals surface area contributed by atoms with Gasteiger partial charge in [0.1, 0.15) is 5.60 Å². The summed E-state index contributed by atoms with van der Waals surface area (Å²) in [5.41, 5.74) is 9.46. The molecule has 0 aromatic heterocycles. The number of carbonyl (C=O) groups is 2. The van der Waals surface area contributed by atoms with Gasteiger partial charge < -0.3 is 10.5 Å². The summed E-state index contributed by atoms with van der Waals surface area (Å²) in [6.45, 7) is 0. The Labute approximate surface area is 111 Å². The first-order valence-electron chi connectivity index (χ1n) is 6.11. The molecule has 0 bridgehead atoms. The van der Waals surface area contributed by atoms with E-state index in [1.807, 2.05) is 0 Å². The second-order valence-electron chi connectivity index (χ2n) is 4.83. The topological polar surface area (TPSA) is 93.5 Å². The van der Waals surface area contributed by atoms with Crippen LogP contribution in [0.1, 0.15) is 38.5 Å². The van der Waals surface area contributed by atoms with Crippen molar-refractivity contribution in [1.82, 2.24) is 10.9 Å². The fourth-order valence-corrected chi connectivity index (χ4v) is 2.89. The van der Waals surface area contributed by atoms with E-state index >= 15 is 0 Å². The van der Waals surface area contributed by atoms with Crippen molar-refractivity contribution in [2.45, 2.75) is 44.1 Å². The van der Waals surface area contributed by atoms with E-state index in [9.17, 15) is 9.59 Å². The average molecular weight is 271 g/mol. The van der Waals surface area contributed by atoms with Crippen molar-refractivity contribution in [3.05, 3.63) is 0 Å². The number of hydrogen-bond donors (Lipinski definition) is 3. The molecule has 6 nitrogen and oxygen atoms in total. The van der Waals surface area contributed by atoms with Crippen molar-refractivity contribution in [2.24, 2.45) is 11.7 Å². The molecular weight excluding hydrogens is 254 g/mol. The van der Waals surface area contributed by atoms with E-state index in [0.717, 1.165) is 32.1 Å². The number of hydrazine groups is 1. The van der Waals surface area contributed by atoms with Gasteiger partial charge in [-0.15, -0.1) is 0 Å². The Hall–Kier alpha value is -1.37. The van der Waals surface area contributed by atoms with E-state index in [1.54, 1.807) is 0 Å². The molecular formula is C11H17N3O3S. The predicted octanol–water partition coefficient (Wildman–Crippen LogP) is 0.117. The molecule has 7 heteroatoms. The smallest absolute Gasteiger partial charge is 0.307 e. The molecule has 2 rings (SSSR count). The van der Waals surface area contributed by atoms with Gasteiger partial charge in [0, 0.05) is 0 Å². The highest BCUT2D eigenvalue weighted by Crippen LogP contribution is 2.44. The van der Waals surface area contributed by atoms with Gasteiger partial charge in [0.25, 0.3) is 0 Å². The zero-order valence-corrected chi connectivity index (χ0v) is 10.8. The van der Waals surface area contributed by atoms with Crippen LogP contribution in [0.5, 0.6) is 0 Å².